The molecule has 2 aliphatic rings. The number of nitrogens with zero attached hydrogens (tertiary/aromatic N) is 2. The maximum Gasteiger partial charge on any atom is 0.321 e. The fourth-order valence-corrected chi connectivity index (χ4v) is 6.09. The molecule has 0 spiro atoms. The lowest BCUT2D eigenvalue weighted by molar-refractivity contribution is 0.0373. The molecule has 0 saturated carbocycles. The second-order valence-corrected chi connectivity index (χ2v) is 12.9. The number of fused-ring (bicyclic) bond motifs is 2. The molecule has 2 heterocycles. The first-order valence-electron chi connectivity index (χ1n) is 13.9. The van der Waals surface area contributed by atoms with Gasteiger partial charge < -0.3 is 34.4 Å². The van der Waals surface area contributed by atoms with Gasteiger partial charge in [0.05, 0.1) is 35.3 Å². The van der Waals surface area contributed by atoms with Crippen LogP contribution >= 0.6 is 11.6 Å². The predicted octanol–water partition coefficient (Wildman–Crippen LogP) is 4.25. The summed E-state index contributed by atoms with van der Waals surface area (Å²) in [4.78, 5) is 29.9. The molecule has 2 aliphatic heterocycles. The van der Waals surface area contributed by atoms with Crippen molar-refractivity contribution in [1.29, 1.82) is 0 Å². The van der Waals surface area contributed by atoms with Crippen LogP contribution in [0, 0.1) is 5.92 Å². The minimum atomic E-state index is -4.09. The zero-order valence-corrected chi connectivity index (χ0v) is 25.9. The van der Waals surface area contributed by atoms with Crippen LogP contribution in [0.15, 0.2) is 65.6 Å². The van der Waals surface area contributed by atoms with Gasteiger partial charge in [-0.05, 0) is 55.5 Å². The predicted molar refractivity (Wildman–Crippen MR) is 164 cm³/mol. The molecule has 0 bridgehead atoms. The van der Waals surface area contributed by atoms with Gasteiger partial charge in [-0.15, -0.1) is 0 Å². The minimum Gasteiger partial charge on any atom is -0.485 e. The summed E-state index contributed by atoms with van der Waals surface area (Å²) >= 11 is 5.94. The quantitative estimate of drug-likeness (QED) is 0.330. The molecule has 3 amide bonds. The van der Waals surface area contributed by atoms with Crippen LogP contribution in [-0.4, -0.2) is 80.9 Å². The standard InChI is InChI=1S/C30H33ClN4O8S/c1-18-14-35(19(2)16-36)29(37)23-5-4-6-24(33-44(39,40)22-10-7-20(31)8-11-22)28(23)43-27(18)15-34(3)30(38)32-21-9-12-25-26(13-21)42-17-41-25/h4-13,18-19,27,33,36H,14-17H2,1-3H3,(H,32,38)/t18-,19-,27-/m0/s1. The number of ether oxygens (including phenoxy) is 3. The molecule has 3 atom stereocenters. The van der Waals surface area contributed by atoms with E-state index in [2.05, 4.69) is 10.0 Å². The number of anilines is 2. The highest BCUT2D eigenvalue weighted by Crippen LogP contribution is 2.37. The zero-order chi connectivity index (χ0) is 31.6. The summed E-state index contributed by atoms with van der Waals surface area (Å²) < 4.78 is 46.3. The first-order valence-corrected chi connectivity index (χ1v) is 15.7. The molecular formula is C30H33ClN4O8S. The van der Waals surface area contributed by atoms with E-state index in [0.717, 1.165) is 0 Å². The number of hydrogen-bond acceptors (Lipinski definition) is 8. The average Bonchev–Trinajstić information content (AvgIpc) is 3.47. The molecule has 14 heteroatoms. The summed E-state index contributed by atoms with van der Waals surface area (Å²) in [5.74, 6) is 0.378. The largest absolute Gasteiger partial charge is 0.485 e. The monoisotopic (exact) mass is 644 g/mol. The van der Waals surface area contributed by atoms with Gasteiger partial charge in [-0.2, -0.15) is 0 Å². The number of hydrogen-bond donors (Lipinski definition) is 3. The highest BCUT2D eigenvalue weighted by Gasteiger charge is 2.35. The fourth-order valence-electron chi connectivity index (χ4n) is 4.91. The third-order valence-corrected chi connectivity index (χ3v) is 9.12. The Morgan fingerprint density at radius 3 is 2.59 bits per heavy atom. The lowest BCUT2D eigenvalue weighted by Gasteiger charge is -2.38. The number of rotatable bonds is 8. The van der Waals surface area contributed by atoms with Crippen molar-refractivity contribution in [3.63, 3.8) is 0 Å². The van der Waals surface area contributed by atoms with E-state index in [4.69, 9.17) is 25.8 Å². The Hall–Kier alpha value is -4.20. The Labute approximate surface area is 260 Å². The zero-order valence-electron chi connectivity index (χ0n) is 24.3. The topological polar surface area (TPSA) is 147 Å². The van der Waals surface area contributed by atoms with Crippen LogP contribution in [0.2, 0.25) is 5.02 Å². The van der Waals surface area contributed by atoms with Crippen LogP contribution in [0.4, 0.5) is 16.2 Å². The van der Waals surface area contributed by atoms with E-state index < -0.39 is 34.1 Å². The maximum atomic E-state index is 13.7. The van der Waals surface area contributed by atoms with Crippen LogP contribution in [0.3, 0.4) is 0 Å². The van der Waals surface area contributed by atoms with Crippen molar-refractivity contribution in [2.45, 2.75) is 30.9 Å². The Morgan fingerprint density at radius 1 is 1.14 bits per heavy atom. The van der Waals surface area contributed by atoms with Gasteiger partial charge in [0, 0.05) is 36.3 Å². The number of halogens is 1. The molecule has 5 rings (SSSR count). The minimum absolute atomic E-state index is 0.0197. The molecule has 0 unspecified atom stereocenters. The van der Waals surface area contributed by atoms with Gasteiger partial charge >= 0.3 is 6.03 Å². The Kier molecular flexibility index (Phi) is 9.09. The summed E-state index contributed by atoms with van der Waals surface area (Å²) in [7, 11) is -2.49. The van der Waals surface area contributed by atoms with Crippen LogP contribution in [0.1, 0.15) is 24.2 Å². The van der Waals surface area contributed by atoms with Crippen molar-refractivity contribution in [2.75, 3.05) is 43.6 Å². The summed E-state index contributed by atoms with van der Waals surface area (Å²) in [6.07, 6.45) is -0.677. The first kappa shape index (κ1) is 31.2. The number of benzene rings is 3. The molecule has 12 nitrogen and oxygen atoms in total. The molecule has 3 N–H and O–H groups in total. The molecule has 234 valence electrons. The molecule has 44 heavy (non-hydrogen) atoms. The number of aliphatic hydroxyl groups excluding tert-OH is 1. The number of para-hydroxylation sites is 1. The second kappa shape index (κ2) is 12.8. The van der Waals surface area contributed by atoms with Crippen molar-refractivity contribution < 1.29 is 37.3 Å². The number of likely N-dealkylation sites (N-methyl/N-ethyl adjacent to an activating group) is 1. The summed E-state index contributed by atoms with van der Waals surface area (Å²) in [6.45, 7) is 3.73. The van der Waals surface area contributed by atoms with Crippen LogP contribution in [0.25, 0.3) is 0 Å². The number of urea groups is 1. The van der Waals surface area contributed by atoms with E-state index in [1.807, 2.05) is 6.92 Å². The second-order valence-electron chi connectivity index (χ2n) is 10.7. The van der Waals surface area contributed by atoms with Gasteiger partial charge in [0.25, 0.3) is 15.9 Å². The maximum absolute atomic E-state index is 13.7. The molecule has 0 aliphatic carbocycles. The van der Waals surface area contributed by atoms with Crippen molar-refractivity contribution in [2.24, 2.45) is 5.92 Å². The number of carbonyl (C=O) groups is 2. The van der Waals surface area contributed by atoms with Gasteiger partial charge in [-0.3, -0.25) is 9.52 Å². The highest BCUT2D eigenvalue weighted by molar-refractivity contribution is 7.92. The van der Waals surface area contributed by atoms with Crippen molar-refractivity contribution in [3.05, 3.63) is 71.2 Å². The van der Waals surface area contributed by atoms with Gasteiger partial charge in [-0.1, -0.05) is 24.6 Å². The van der Waals surface area contributed by atoms with E-state index >= 15 is 0 Å². The normalized spacial score (nSPS) is 18.4. The van der Waals surface area contributed by atoms with Crippen molar-refractivity contribution >= 4 is 44.9 Å². The number of nitrogens with one attached hydrogen (secondary N) is 2. The number of sulfonamides is 1. The van der Waals surface area contributed by atoms with Crippen LogP contribution in [-0.2, 0) is 10.0 Å². The van der Waals surface area contributed by atoms with E-state index in [-0.39, 0.29) is 54.3 Å². The number of amides is 3. The van der Waals surface area contributed by atoms with Crippen LogP contribution < -0.4 is 24.2 Å². The Bertz CT molecular complexity index is 1650. The molecule has 3 aromatic rings. The van der Waals surface area contributed by atoms with E-state index in [1.165, 1.54) is 46.2 Å². The number of carbonyl (C=O) groups excluding carboxylic acids is 2. The summed E-state index contributed by atoms with van der Waals surface area (Å²) in [5, 5.41) is 13.1. The van der Waals surface area contributed by atoms with Gasteiger partial charge in [0.1, 0.15) is 6.10 Å². The average molecular weight is 645 g/mol. The Balaban J connectivity index is 1.44. The molecule has 0 saturated heterocycles. The van der Waals surface area contributed by atoms with Crippen LogP contribution in [0.5, 0.6) is 17.2 Å². The van der Waals surface area contributed by atoms with Crippen molar-refractivity contribution in [1.82, 2.24) is 9.80 Å². The summed E-state index contributed by atoms with van der Waals surface area (Å²) in [6, 6.07) is 14.4. The number of aliphatic hydroxyl groups is 1. The smallest absolute Gasteiger partial charge is 0.321 e. The van der Waals surface area contributed by atoms with E-state index in [1.54, 1.807) is 38.2 Å². The third-order valence-electron chi connectivity index (χ3n) is 7.48. The lowest BCUT2D eigenvalue weighted by atomic mass is 9.99. The van der Waals surface area contributed by atoms with Crippen molar-refractivity contribution in [3.8, 4) is 17.2 Å². The van der Waals surface area contributed by atoms with E-state index in [9.17, 15) is 23.1 Å². The molecule has 0 fully saturated rings. The lowest BCUT2D eigenvalue weighted by Crippen LogP contribution is -2.50. The first-order chi connectivity index (χ1) is 21.0. The van der Waals surface area contributed by atoms with E-state index in [0.29, 0.717) is 22.2 Å². The van der Waals surface area contributed by atoms with Gasteiger partial charge in [0.2, 0.25) is 6.79 Å². The molecule has 3 aromatic carbocycles. The molecule has 0 radical (unpaired) electrons. The molecular weight excluding hydrogens is 612 g/mol. The summed E-state index contributed by atoms with van der Waals surface area (Å²) in [5.41, 5.74) is 0.676. The van der Waals surface area contributed by atoms with Gasteiger partial charge in [0.15, 0.2) is 17.2 Å². The Morgan fingerprint density at radius 2 is 1.86 bits per heavy atom. The van der Waals surface area contributed by atoms with Gasteiger partial charge in [-0.25, -0.2) is 13.2 Å². The SMILES string of the molecule is C[C@H]1CN([C@@H](C)CO)C(=O)c2cccc(NS(=O)(=O)c3ccc(Cl)cc3)c2O[C@H]1CN(C)C(=O)Nc1ccc2c(c1)OCO2. The molecule has 0 aromatic heterocycles. The fraction of sp³-hybridized carbons (Fsp3) is 0.333. The highest BCUT2D eigenvalue weighted by atomic mass is 35.5. The third kappa shape index (κ3) is 6.64.